The van der Waals surface area contributed by atoms with Gasteiger partial charge in [-0.3, -0.25) is 14.4 Å². The van der Waals surface area contributed by atoms with Crippen LogP contribution >= 0.6 is 0 Å². The minimum Gasteiger partial charge on any atom is -0.462 e. The Kier molecular flexibility index (Phi) is 63.2. The second kappa shape index (κ2) is 66.1. The summed E-state index contributed by atoms with van der Waals surface area (Å²) in [4.78, 5) is 38.1. The van der Waals surface area contributed by atoms with Crippen molar-refractivity contribution in [3.05, 3.63) is 85.1 Å². The van der Waals surface area contributed by atoms with E-state index in [1.807, 2.05) is 0 Å². The van der Waals surface area contributed by atoms with Crippen molar-refractivity contribution in [2.24, 2.45) is 0 Å². The fourth-order valence-corrected chi connectivity index (χ4v) is 9.62. The number of hydrogen-bond acceptors (Lipinski definition) is 6. The van der Waals surface area contributed by atoms with Gasteiger partial charge in [0.25, 0.3) is 0 Å². The third kappa shape index (κ3) is 63.4. The number of carbonyl (C=O) groups excluding carboxylic acids is 3. The van der Waals surface area contributed by atoms with Gasteiger partial charge in [-0.2, -0.15) is 0 Å². The van der Waals surface area contributed by atoms with Crippen LogP contribution in [0, 0.1) is 0 Å². The van der Waals surface area contributed by atoms with Gasteiger partial charge in [-0.1, -0.05) is 305 Å². The Morgan fingerprint density at radius 2 is 0.500 bits per heavy atom. The van der Waals surface area contributed by atoms with Gasteiger partial charge in [0.2, 0.25) is 0 Å². The van der Waals surface area contributed by atoms with Crippen LogP contribution in [0.25, 0.3) is 0 Å². The van der Waals surface area contributed by atoms with Crippen LogP contribution in [-0.2, 0) is 28.6 Å². The van der Waals surface area contributed by atoms with Crippen LogP contribution in [0.4, 0.5) is 0 Å². The fraction of sp³-hybridized carbons (Fsp3) is 0.764. The Morgan fingerprint density at radius 1 is 0.269 bits per heavy atom. The molecule has 0 aromatic heterocycles. The lowest BCUT2D eigenvalue weighted by molar-refractivity contribution is -0.167. The summed E-state index contributed by atoms with van der Waals surface area (Å²) in [5.74, 6) is -0.873. The van der Waals surface area contributed by atoms with E-state index in [1.54, 1.807) is 0 Å². The first-order valence-corrected chi connectivity index (χ1v) is 33.6. The molecule has 0 aromatic carbocycles. The Hall–Kier alpha value is -3.41. The predicted molar refractivity (Wildman–Crippen MR) is 339 cm³/mol. The van der Waals surface area contributed by atoms with Crippen LogP contribution in [0.3, 0.4) is 0 Å². The summed E-state index contributed by atoms with van der Waals surface area (Å²) in [6.07, 6.45) is 87.8. The minimum atomic E-state index is -0.774. The average Bonchev–Trinajstić information content (AvgIpc) is 3.44. The molecule has 0 N–H and O–H groups in total. The third-order valence-corrected chi connectivity index (χ3v) is 14.6. The van der Waals surface area contributed by atoms with Gasteiger partial charge in [0, 0.05) is 19.3 Å². The average molecular weight is 1090 g/mol. The van der Waals surface area contributed by atoms with Crippen LogP contribution in [0.2, 0.25) is 0 Å². The normalized spacial score (nSPS) is 12.6. The van der Waals surface area contributed by atoms with Gasteiger partial charge >= 0.3 is 17.9 Å². The second-order valence-corrected chi connectivity index (χ2v) is 22.4. The van der Waals surface area contributed by atoms with Crippen LogP contribution in [0.15, 0.2) is 85.1 Å². The van der Waals surface area contributed by atoms with Crippen molar-refractivity contribution in [2.45, 2.75) is 341 Å². The van der Waals surface area contributed by atoms with Crippen LogP contribution in [0.1, 0.15) is 335 Å². The van der Waals surface area contributed by atoms with Gasteiger partial charge in [0.05, 0.1) is 0 Å². The maximum Gasteiger partial charge on any atom is 0.306 e. The monoisotopic (exact) mass is 1090 g/mol. The molecule has 1 atom stereocenters. The van der Waals surface area contributed by atoms with Crippen molar-refractivity contribution in [2.75, 3.05) is 13.2 Å². The fourth-order valence-electron chi connectivity index (χ4n) is 9.62. The lowest BCUT2D eigenvalue weighted by Gasteiger charge is -2.18. The molecule has 0 fully saturated rings. The molecular formula is C72H126O6. The second-order valence-electron chi connectivity index (χ2n) is 22.4. The van der Waals surface area contributed by atoms with Gasteiger partial charge in [0.1, 0.15) is 13.2 Å². The van der Waals surface area contributed by atoms with E-state index >= 15 is 0 Å². The molecule has 0 heterocycles. The summed E-state index contributed by atoms with van der Waals surface area (Å²) in [5.41, 5.74) is 0. The summed E-state index contributed by atoms with van der Waals surface area (Å²) in [6, 6.07) is 0. The number of hydrogen-bond donors (Lipinski definition) is 0. The molecule has 0 radical (unpaired) electrons. The molecule has 1 unspecified atom stereocenters. The lowest BCUT2D eigenvalue weighted by atomic mass is 10.0. The first kappa shape index (κ1) is 74.6. The molecule has 450 valence electrons. The van der Waals surface area contributed by atoms with Crippen molar-refractivity contribution >= 4 is 17.9 Å². The third-order valence-electron chi connectivity index (χ3n) is 14.6. The lowest BCUT2D eigenvalue weighted by Crippen LogP contribution is -2.30. The maximum atomic E-state index is 12.9. The standard InChI is InChI=1S/C72H126O6/c1-4-7-10-13-16-18-20-22-24-26-28-30-32-33-34-35-36-37-38-39-41-42-44-46-48-50-52-54-56-59-62-65-71(74)77-68-69(67-76-70(73)64-61-58-15-12-9-6-3)78-72(75)66-63-60-57-55-53-51-49-47-45-43-40-31-29-27-25-23-21-19-17-14-11-8-5-2/h7,10,16,18,22,24,27-30,33-34,36-37,69H,4-6,8-9,11-15,17,19-21,23,25-26,31-32,35,38-68H2,1-3H3/b10-7-,18-16-,24-22-,29-27-,30-28-,34-33-,37-36-. The highest BCUT2D eigenvalue weighted by molar-refractivity contribution is 5.71. The van der Waals surface area contributed by atoms with E-state index in [4.69, 9.17) is 14.2 Å². The quantitative estimate of drug-likeness (QED) is 0.0261. The van der Waals surface area contributed by atoms with E-state index in [0.717, 1.165) is 96.3 Å². The van der Waals surface area contributed by atoms with Crippen molar-refractivity contribution in [1.29, 1.82) is 0 Å². The summed E-state index contributed by atoms with van der Waals surface area (Å²) in [6.45, 7) is 6.50. The Bertz CT molecular complexity index is 1480. The Labute approximate surface area is 484 Å². The highest BCUT2D eigenvalue weighted by Crippen LogP contribution is 2.17. The zero-order valence-corrected chi connectivity index (χ0v) is 51.7. The van der Waals surface area contributed by atoms with Gasteiger partial charge in [-0.15, -0.1) is 0 Å². The van der Waals surface area contributed by atoms with E-state index in [0.29, 0.717) is 19.3 Å². The molecule has 0 saturated heterocycles. The SMILES string of the molecule is CC/C=C\C/C=C\C/C=C\C/C=C\C/C=C\C/C=C\CCCCCCCCCCCCCCC(=O)OCC(COC(=O)CCCCCCCC)OC(=O)CCCCCCCCCCCCC/C=C\CCCCCCCCCC. The summed E-state index contributed by atoms with van der Waals surface area (Å²) < 4.78 is 16.8. The molecule has 0 bridgehead atoms. The Morgan fingerprint density at radius 3 is 0.795 bits per heavy atom. The minimum absolute atomic E-state index is 0.0742. The largest absolute Gasteiger partial charge is 0.462 e. The number of ether oxygens (including phenoxy) is 3. The van der Waals surface area contributed by atoms with E-state index in [1.165, 1.54) is 199 Å². The molecule has 0 aliphatic carbocycles. The molecule has 0 aliphatic heterocycles. The summed E-state index contributed by atoms with van der Waals surface area (Å²) in [5, 5.41) is 0. The van der Waals surface area contributed by atoms with E-state index in [9.17, 15) is 14.4 Å². The van der Waals surface area contributed by atoms with E-state index in [2.05, 4.69) is 106 Å². The number of rotatable bonds is 61. The molecule has 0 saturated carbocycles. The molecule has 0 amide bonds. The topological polar surface area (TPSA) is 78.9 Å². The molecule has 78 heavy (non-hydrogen) atoms. The maximum absolute atomic E-state index is 12.9. The van der Waals surface area contributed by atoms with Gasteiger partial charge in [0.15, 0.2) is 6.10 Å². The van der Waals surface area contributed by atoms with Crippen molar-refractivity contribution in [3.63, 3.8) is 0 Å². The summed E-state index contributed by atoms with van der Waals surface area (Å²) >= 11 is 0. The number of unbranched alkanes of at least 4 members (excludes halogenated alkanes) is 36. The first-order valence-electron chi connectivity index (χ1n) is 33.6. The van der Waals surface area contributed by atoms with Crippen LogP contribution in [0.5, 0.6) is 0 Å². The van der Waals surface area contributed by atoms with Crippen molar-refractivity contribution in [3.8, 4) is 0 Å². The zero-order chi connectivity index (χ0) is 56.4. The van der Waals surface area contributed by atoms with Gasteiger partial charge < -0.3 is 14.2 Å². The molecule has 6 heteroatoms. The molecule has 0 aromatic rings. The molecular weight excluding hydrogens is 961 g/mol. The van der Waals surface area contributed by atoms with Crippen molar-refractivity contribution in [1.82, 2.24) is 0 Å². The molecule has 0 rings (SSSR count). The smallest absolute Gasteiger partial charge is 0.306 e. The van der Waals surface area contributed by atoms with Crippen molar-refractivity contribution < 1.29 is 28.6 Å². The van der Waals surface area contributed by atoms with Crippen LogP contribution < -0.4 is 0 Å². The predicted octanol–water partition coefficient (Wildman–Crippen LogP) is 23.1. The zero-order valence-electron chi connectivity index (χ0n) is 51.7. The molecule has 6 nitrogen and oxygen atoms in total. The van der Waals surface area contributed by atoms with E-state index < -0.39 is 6.10 Å². The van der Waals surface area contributed by atoms with E-state index in [-0.39, 0.29) is 31.1 Å². The summed E-state index contributed by atoms with van der Waals surface area (Å²) in [7, 11) is 0. The number of esters is 3. The van der Waals surface area contributed by atoms with Crippen LogP contribution in [-0.4, -0.2) is 37.2 Å². The Balaban J connectivity index is 4.05. The highest BCUT2D eigenvalue weighted by Gasteiger charge is 2.19. The molecule has 0 spiro atoms. The van der Waals surface area contributed by atoms with Gasteiger partial charge in [-0.05, 0) is 96.3 Å². The highest BCUT2D eigenvalue weighted by atomic mass is 16.6. The van der Waals surface area contributed by atoms with Gasteiger partial charge in [-0.25, -0.2) is 0 Å². The molecule has 0 aliphatic rings. The first-order chi connectivity index (χ1) is 38.5. The number of carbonyl (C=O) groups is 3. The number of allylic oxidation sites excluding steroid dienone is 14.